The van der Waals surface area contributed by atoms with Gasteiger partial charge in [-0.25, -0.2) is 0 Å². The monoisotopic (exact) mass is 311 g/mol. The molecule has 100 valence electrons. The first-order chi connectivity index (χ1) is 8.70. The van der Waals surface area contributed by atoms with Crippen molar-refractivity contribution >= 4 is 15.9 Å². The average Bonchev–Trinajstić information content (AvgIpc) is 2.38. The predicted octanol–water partition coefficient (Wildman–Crippen LogP) is 4.13. The topological polar surface area (TPSA) is 21.3 Å². The van der Waals surface area contributed by atoms with Crippen molar-refractivity contribution in [3.63, 3.8) is 0 Å². The smallest absolute Gasteiger partial charge is 0.123 e. The van der Waals surface area contributed by atoms with Crippen molar-refractivity contribution < 1.29 is 4.74 Å². The predicted molar refractivity (Wildman–Crippen MR) is 79.0 cm³/mol. The van der Waals surface area contributed by atoms with Crippen LogP contribution in [0, 0.1) is 5.92 Å². The Bertz CT molecular complexity index is 394. The van der Waals surface area contributed by atoms with Crippen molar-refractivity contribution in [2.45, 2.75) is 45.2 Å². The molecule has 2 atom stereocenters. The molecule has 0 unspecified atom stereocenters. The fourth-order valence-electron chi connectivity index (χ4n) is 2.75. The first kappa shape index (κ1) is 13.9. The van der Waals surface area contributed by atoms with E-state index in [1.165, 1.54) is 31.2 Å². The van der Waals surface area contributed by atoms with Crippen molar-refractivity contribution in [2.24, 2.45) is 5.92 Å². The van der Waals surface area contributed by atoms with Gasteiger partial charge in [0.2, 0.25) is 0 Å². The van der Waals surface area contributed by atoms with Gasteiger partial charge in [0.15, 0.2) is 0 Å². The summed E-state index contributed by atoms with van der Waals surface area (Å²) < 4.78 is 6.51. The van der Waals surface area contributed by atoms with E-state index in [-0.39, 0.29) is 0 Å². The number of methoxy groups -OCH3 is 1. The van der Waals surface area contributed by atoms with Crippen LogP contribution in [-0.4, -0.2) is 13.2 Å². The minimum atomic E-state index is 0.655. The van der Waals surface area contributed by atoms with Gasteiger partial charge in [-0.05, 0) is 37.0 Å². The zero-order valence-corrected chi connectivity index (χ0v) is 12.8. The SMILES string of the molecule is COc1ccc(Br)cc1CN[C@H]1CCCC[C@@H]1C. The number of halogens is 1. The summed E-state index contributed by atoms with van der Waals surface area (Å²) in [7, 11) is 1.73. The third-order valence-corrected chi connectivity index (χ3v) is 4.40. The molecule has 0 aromatic heterocycles. The second kappa shape index (κ2) is 6.58. The molecule has 0 spiro atoms. The normalized spacial score (nSPS) is 23.9. The van der Waals surface area contributed by atoms with Gasteiger partial charge in [-0.1, -0.05) is 35.7 Å². The van der Waals surface area contributed by atoms with E-state index in [9.17, 15) is 0 Å². The first-order valence-corrected chi connectivity index (χ1v) is 7.56. The third kappa shape index (κ3) is 3.48. The Morgan fingerprint density at radius 2 is 2.11 bits per heavy atom. The lowest BCUT2D eigenvalue weighted by molar-refractivity contribution is 0.278. The Morgan fingerprint density at radius 1 is 1.33 bits per heavy atom. The summed E-state index contributed by atoms with van der Waals surface area (Å²) in [5.41, 5.74) is 1.23. The van der Waals surface area contributed by atoms with Crippen molar-refractivity contribution in [1.29, 1.82) is 0 Å². The molecule has 0 radical (unpaired) electrons. The summed E-state index contributed by atoms with van der Waals surface area (Å²) in [4.78, 5) is 0. The Kier molecular flexibility index (Phi) is 5.07. The molecule has 0 saturated heterocycles. The summed E-state index contributed by atoms with van der Waals surface area (Å²) in [5, 5.41) is 3.69. The number of nitrogens with one attached hydrogen (secondary N) is 1. The van der Waals surface area contributed by atoms with Crippen LogP contribution in [-0.2, 0) is 6.54 Å². The van der Waals surface area contributed by atoms with Gasteiger partial charge in [0.25, 0.3) is 0 Å². The highest BCUT2D eigenvalue weighted by atomic mass is 79.9. The fourth-order valence-corrected chi connectivity index (χ4v) is 3.15. The van der Waals surface area contributed by atoms with E-state index in [0.717, 1.165) is 22.7 Å². The van der Waals surface area contributed by atoms with Crippen LogP contribution >= 0.6 is 15.9 Å². The van der Waals surface area contributed by atoms with Crippen molar-refractivity contribution in [1.82, 2.24) is 5.32 Å². The number of hydrogen-bond acceptors (Lipinski definition) is 2. The van der Waals surface area contributed by atoms with Gasteiger partial charge < -0.3 is 10.1 Å². The molecule has 3 heteroatoms. The lowest BCUT2D eigenvalue weighted by Crippen LogP contribution is -2.36. The molecule has 0 bridgehead atoms. The third-order valence-electron chi connectivity index (χ3n) is 3.91. The molecule has 1 aliphatic rings. The van der Waals surface area contributed by atoms with Gasteiger partial charge in [0, 0.05) is 22.6 Å². The lowest BCUT2D eigenvalue weighted by Gasteiger charge is -2.30. The maximum Gasteiger partial charge on any atom is 0.123 e. The lowest BCUT2D eigenvalue weighted by atomic mass is 9.86. The first-order valence-electron chi connectivity index (χ1n) is 6.76. The van der Waals surface area contributed by atoms with Gasteiger partial charge in [-0.15, -0.1) is 0 Å². The van der Waals surface area contributed by atoms with E-state index in [0.29, 0.717) is 6.04 Å². The second-order valence-corrected chi connectivity index (χ2v) is 6.12. The van der Waals surface area contributed by atoms with E-state index < -0.39 is 0 Å². The molecule has 0 aliphatic heterocycles. The molecule has 1 saturated carbocycles. The molecular weight excluding hydrogens is 290 g/mol. The second-order valence-electron chi connectivity index (χ2n) is 5.21. The maximum atomic E-state index is 5.41. The summed E-state index contributed by atoms with van der Waals surface area (Å²) in [5.74, 6) is 1.76. The standard InChI is InChI=1S/C15H22BrNO/c1-11-5-3-4-6-14(11)17-10-12-9-13(16)7-8-15(12)18-2/h7-9,11,14,17H,3-6,10H2,1-2H3/t11-,14-/m0/s1. The Morgan fingerprint density at radius 3 is 2.83 bits per heavy atom. The number of ether oxygens (including phenoxy) is 1. The van der Waals surface area contributed by atoms with Crippen LogP contribution in [0.5, 0.6) is 5.75 Å². The van der Waals surface area contributed by atoms with Gasteiger partial charge in [-0.2, -0.15) is 0 Å². The van der Waals surface area contributed by atoms with Crippen molar-refractivity contribution in [3.05, 3.63) is 28.2 Å². The van der Waals surface area contributed by atoms with Crippen LogP contribution in [0.25, 0.3) is 0 Å². The Hall–Kier alpha value is -0.540. The van der Waals surface area contributed by atoms with Crippen LogP contribution in [0.3, 0.4) is 0 Å². The molecule has 0 heterocycles. The molecule has 2 rings (SSSR count). The number of benzene rings is 1. The van der Waals surface area contributed by atoms with Crippen LogP contribution in [0.1, 0.15) is 38.2 Å². The largest absolute Gasteiger partial charge is 0.496 e. The number of rotatable bonds is 4. The quantitative estimate of drug-likeness (QED) is 0.903. The molecule has 18 heavy (non-hydrogen) atoms. The fraction of sp³-hybridized carbons (Fsp3) is 0.600. The molecule has 1 aromatic rings. The molecule has 1 fully saturated rings. The van der Waals surface area contributed by atoms with E-state index >= 15 is 0 Å². The van der Waals surface area contributed by atoms with E-state index in [4.69, 9.17) is 4.74 Å². The zero-order chi connectivity index (χ0) is 13.0. The van der Waals surface area contributed by atoms with Gasteiger partial charge in [0.1, 0.15) is 5.75 Å². The van der Waals surface area contributed by atoms with E-state index in [1.54, 1.807) is 7.11 Å². The molecule has 0 amide bonds. The molecular formula is C15H22BrNO. The molecule has 1 aliphatic carbocycles. The summed E-state index contributed by atoms with van der Waals surface area (Å²) in [6.45, 7) is 3.24. The Balaban J connectivity index is 1.98. The van der Waals surface area contributed by atoms with E-state index in [1.807, 2.05) is 12.1 Å². The highest BCUT2D eigenvalue weighted by Gasteiger charge is 2.20. The molecule has 1 aromatic carbocycles. The highest BCUT2D eigenvalue weighted by molar-refractivity contribution is 9.10. The summed E-state index contributed by atoms with van der Waals surface area (Å²) >= 11 is 3.52. The van der Waals surface area contributed by atoms with Gasteiger partial charge >= 0.3 is 0 Å². The number of hydrogen-bond donors (Lipinski definition) is 1. The van der Waals surface area contributed by atoms with Crippen LogP contribution in [0.2, 0.25) is 0 Å². The van der Waals surface area contributed by atoms with E-state index in [2.05, 4.69) is 34.2 Å². The Labute approximate surface area is 118 Å². The maximum absolute atomic E-state index is 5.41. The van der Waals surface area contributed by atoms with Crippen molar-refractivity contribution in [3.8, 4) is 5.75 Å². The summed E-state index contributed by atoms with van der Waals surface area (Å²) in [6.07, 6.45) is 5.40. The van der Waals surface area contributed by atoms with Crippen LogP contribution in [0.15, 0.2) is 22.7 Å². The van der Waals surface area contributed by atoms with Gasteiger partial charge in [-0.3, -0.25) is 0 Å². The average molecular weight is 312 g/mol. The highest BCUT2D eigenvalue weighted by Crippen LogP contribution is 2.26. The zero-order valence-electron chi connectivity index (χ0n) is 11.2. The molecule has 2 nitrogen and oxygen atoms in total. The summed E-state index contributed by atoms with van der Waals surface area (Å²) in [6, 6.07) is 6.83. The molecule has 1 N–H and O–H groups in total. The van der Waals surface area contributed by atoms with Gasteiger partial charge in [0.05, 0.1) is 7.11 Å². The van der Waals surface area contributed by atoms with Crippen LogP contribution < -0.4 is 10.1 Å². The van der Waals surface area contributed by atoms with Crippen LogP contribution in [0.4, 0.5) is 0 Å². The minimum Gasteiger partial charge on any atom is -0.496 e. The van der Waals surface area contributed by atoms with Crippen molar-refractivity contribution in [2.75, 3.05) is 7.11 Å². The minimum absolute atomic E-state index is 0.655.